The lowest BCUT2D eigenvalue weighted by molar-refractivity contribution is 0.102. The third-order valence-corrected chi connectivity index (χ3v) is 5.27. The number of rotatable bonds is 5. The van der Waals surface area contributed by atoms with Crippen LogP contribution < -0.4 is 15.6 Å². The molecule has 29 heavy (non-hydrogen) atoms. The number of ether oxygens (including phenoxy) is 1. The number of aryl methyl sites for hydroxylation is 1. The Kier molecular flexibility index (Phi) is 5.33. The van der Waals surface area contributed by atoms with Gasteiger partial charge in [-0.3, -0.25) is 14.0 Å². The number of carbonyl (C=O) groups is 1. The van der Waals surface area contributed by atoms with Crippen molar-refractivity contribution in [2.75, 3.05) is 5.32 Å². The first-order valence-corrected chi connectivity index (χ1v) is 9.96. The monoisotopic (exact) mass is 425 g/mol. The Bertz CT molecular complexity index is 1250. The summed E-state index contributed by atoms with van der Waals surface area (Å²) in [5.74, 6) is 0.160. The number of anilines is 1. The molecular weight excluding hydrogens is 410 g/mol. The lowest BCUT2D eigenvalue weighted by Crippen LogP contribution is -2.15. The molecule has 6 nitrogen and oxygen atoms in total. The highest BCUT2D eigenvalue weighted by atomic mass is 35.5. The van der Waals surface area contributed by atoms with Crippen LogP contribution in [0.15, 0.2) is 65.6 Å². The summed E-state index contributed by atoms with van der Waals surface area (Å²) in [5.41, 5.74) is 1.31. The summed E-state index contributed by atoms with van der Waals surface area (Å²) in [6.07, 6.45) is 1.76. The SMILES string of the molecule is Cc1cn2c(=O)cc(COc3ccc(Cl)cc3NC(=O)c3ccccc3)nc2s1. The molecule has 0 spiro atoms. The molecule has 8 heteroatoms. The summed E-state index contributed by atoms with van der Waals surface area (Å²) >= 11 is 7.53. The van der Waals surface area contributed by atoms with Gasteiger partial charge in [-0.15, -0.1) is 11.3 Å². The summed E-state index contributed by atoms with van der Waals surface area (Å²) in [7, 11) is 0. The Labute approximate surface area is 175 Å². The molecule has 0 radical (unpaired) electrons. The average Bonchev–Trinajstić information content (AvgIpc) is 3.09. The van der Waals surface area contributed by atoms with E-state index in [-0.39, 0.29) is 18.1 Å². The van der Waals surface area contributed by atoms with Crippen LogP contribution in [0.4, 0.5) is 5.69 Å². The van der Waals surface area contributed by atoms with Gasteiger partial charge in [-0.05, 0) is 37.3 Å². The predicted molar refractivity (Wildman–Crippen MR) is 114 cm³/mol. The highest BCUT2D eigenvalue weighted by Gasteiger charge is 2.12. The first kappa shape index (κ1) is 19.2. The smallest absolute Gasteiger partial charge is 0.258 e. The fourth-order valence-electron chi connectivity index (χ4n) is 2.79. The van der Waals surface area contributed by atoms with Crippen molar-refractivity contribution in [1.82, 2.24) is 9.38 Å². The quantitative estimate of drug-likeness (QED) is 0.509. The number of fused-ring (bicyclic) bond motifs is 1. The number of carbonyl (C=O) groups excluding carboxylic acids is 1. The molecule has 4 aromatic rings. The van der Waals surface area contributed by atoms with Gasteiger partial charge in [-0.2, -0.15) is 0 Å². The molecule has 0 unspecified atom stereocenters. The van der Waals surface area contributed by atoms with Crippen LogP contribution in [-0.2, 0) is 6.61 Å². The third-order valence-electron chi connectivity index (χ3n) is 4.14. The number of aromatic nitrogens is 2. The molecule has 146 valence electrons. The van der Waals surface area contributed by atoms with E-state index in [9.17, 15) is 9.59 Å². The maximum Gasteiger partial charge on any atom is 0.258 e. The van der Waals surface area contributed by atoms with Gasteiger partial charge in [0.25, 0.3) is 11.5 Å². The normalized spacial score (nSPS) is 10.8. The van der Waals surface area contributed by atoms with Gasteiger partial charge in [-0.1, -0.05) is 29.8 Å². The van der Waals surface area contributed by atoms with Crippen molar-refractivity contribution in [1.29, 1.82) is 0 Å². The van der Waals surface area contributed by atoms with E-state index < -0.39 is 0 Å². The van der Waals surface area contributed by atoms with E-state index in [1.165, 1.54) is 21.8 Å². The molecule has 0 aliphatic rings. The molecular formula is C21H16ClN3O3S. The summed E-state index contributed by atoms with van der Waals surface area (Å²) < 4.78 is 7.36. The van der Waals surface area contributed by atoms with Gasteiger partial charge >= 0.3 is 0 Å². The Morgan fingerprint density at radius 3 is 2.79 bits per heavy atom. The average molecular weight is 426 g/mol. The van der Waals surface area contributed by atoms with Crippen molar-refractivity contribution in [3.8, 4) is 5.75 Å². The molecule has 0 aliphatic heterocycles. The third kappa shape index (κ3) is 4.31. The zero-order chi connectivity index (χ0) is 20.4. The van der Waals surface area contributed by atoms with Crippen LogP contribution in [0.5, 0.6) is 5.75 Å². The number of hydrogen-bond donors (Lipinski definition) is 1. The van der Waals surface area contributed by atoms with E-state index >= 15 is 0 Å². The molecule has 0 aliphatic carbocycles. The van der Waals surface area contributed by atoms with Crippen molar-refractivity contribution >= 4 is 39.5 Å². The van der Waals surface area contributed by atoms with Crippen LogP contribution in [0.2, 0.25) is 5.02 Å². The van der Waals surface area contributed by atoms with Crippen LogP contribution in [0.1, 0.15) is 20.9 Å². The second-order valence-corrected chi connectivity index (χ2v) is 7.98. The molecule has 2 aromatic heterocycles. The number of halogens is 1. The maximum atomic E-state index is 12.5. The molecule has 0 bridgehead atoms. The Morgan fingerprint density at radius 1 is 1.21 bits per heavy atom. The largest absolute Gasteiger partial charge is 0.485 e. The lowest BCUT2D eigenvalue weighted by atomic mass is 10.2. The summed E-state index contributed by atoms with van der Waals surface area (Å²) in [6, 6.07) is 15.3. The fraction of sp³-hybridized carbons (Fsp3) is 0.0952. The Hall–Kier alpha value is -3.16. The summed E-state index contributed by atoms with van der Waals surface area (Å²) in [4.78, 5) is 30.8. The van der Waals surface area contributed by atoms with Gasteiger partial charge in [0.05, 0.1) is 11.4 Å². The van der Waals surface area contributed by atoms with Gasteiger partial charge in [0.15, 0.2) is 4.96 Å². The zero-order valence-corrected chi connectivity index (χ0v) is 17.0. The topological polar surface area (TPSA) is 72.7 Å². The number of nitrogens with zero attached hydrogens (tertiary/aromatic N) is 2. The van der Waals surface area contributed by atoms with E-state index in [0.717, 1.165) is 4.88 Å². The summed E-state index contributed by atoms with van der Waals surface area (Å²) in [5, 5.41) is 3.28. The standard InChI is InChI=1S/C21H16ClN3O3S/c1-13-11-25-19(26)10-16(23-21(25)29-13)12-28-18-8-7-15(22)9-17(18)24-20(27)14-5-3-2-4-6-14/h2-11H,12H2,1H3,(H,24,27). The first-order valence-electron chi connectivity index (χ1n) is 8.77. The van der Waals surface area contributed by atoms with Crippen molar-refractivity contribution in [3.05, 3.63) is 92.3 Å². The zero-order valence-electron chi connectivity index (χ0n) is 15.4. The van der Waals surface area contributed by atoms with Gasteiger partial charge in [0.2, 0.25) is 0 Å². The highest BCUT2D eigenvalue weighted by molar-refractivity contribution is 7.16. The number of hydrogen-bond acceptors (Lipinski definition) is 5. The van der Waals surface area contributed by atoms with Gasteiger partial charge < -0.3 is 10.1 Å². The van der Waals surface area contributed by atoms with Crippen molar-refractivity contribution in [2.45, 2.75) is 13.5 Å². The van der Waals surface area contributed by atoms with Crippen LogP contribution in [0.25, 0.3) is 4.96 Å². The highest BCUT2D eigenvalue weighted by Crippen LogP contribution is 2.29. The lowest BCUT2D eigenvalue weighted by Gasteiger charge is -2.13. The van der Waals surface area contributed by atoms with E-state index in [1.807, 2.05) is 13.0 Å². The van der Waals surface area contributed by atoms with Crippen LogP contribution in [-0.4, -0.2) is 15.3 Å². The van der Waals surface area contributed by atoms with E-state index in [2.05, 4.69) is 10.3 Å². The fourth-order valence-corrected chi connectivity index (χ4v) is 3.82. The van der Waals surface area contributed by atoms with E-state index in [0.29, 0.717) is 32.7 Å². The molecule has 0 saturated carbocycles. The molecule has 4 rings (SSSR count). The molecule has 0 saturated heterocycles. The van der Waals surface area contributed by atoms with Gasteiger partial charge in [0.1, 0.15) is 12.4 Å². The molecule has 0 fully saturated rings. The molecule has 2 aromatic carbocycles. The first-order chi connectivity index (χ1) is 14.0. The van der Waals surface area contributed by atoms with Crippen LogP contribution >= 0.6 is 22.9 Å². The maximum absolute atomic E-state index is 12.5. The van der Waals surface area contributed by atoms with Gasteiger partial charge in [-0.25, -0.2) is 4.98 Å². The van der Waals surface area contributed by atoms with Crippen molar-refractivity contribution in [2.24, 2.45) is 0 Å². The van der Waals surface area contributed by atoms with E-state index in [1.54, 1.807) is 48.7 Å². The van der Waals surface area contributed by atoms with Crippen LogP contribution in [0, 0.1) is 6.92 Å². The van der Waals surface area contributed by atoms with Gasteiger partial charge in [0, 0.05) is 27.7 Å². The minimum atomic E-state index is -0.274. The van der Waals surface area contributed by atoms with E-state index in [4.69, 9.17) is 16.3 Å². The van der Waals surface area contributed by atoms with Crippen molar-refractivity contribution < 1.29 is 9.53 Å². The summed E-state index contributed by atoms with van der Waals surface area (Å²) in [6.45, 7) is 2.00. The predicted octanol–water partition coefficient (Wildman–Crippen LogP) is 4.55. The van der Waals surface area contributed by atoms with Crippen LogP contribution in [0.3, 0.4) is 0 Å². The Morgan fingerprint density at radius 2 is 2.00 bits per heavy atom. The molecule has 1 N–H and O–H groups in total. The number of thiazole rings is 1. The Balaban J connectivity index is 1.56. The molecule has 2 heterocycles. The molecule has 0 atom stereocenters. The number of nitrogens with one attached hydrogen (secondary N) is 1. The minimum Gasteiger partial charge on any atom is -0.485 e. The number of amides is 1. The number of benzene rings is 2. The minimum absolute atomic E-state index is 0.0819. The van der Waals surface area contributed by atoms with Crippen molar-refractivity contribution in [3.63, 3.8) is 0 Å². The second-order valence-electron chi connectivity index (χ2n) is 6.33. The molecule has 1 amide bonds. The second kappa shape index (κ2) is 8.06.